The predicted molar refractivity (Wildman–Crippen MR) is 118 cm³/mol. The first-order valence-corrected chi connectivity index (χ1v) is 11.8. The normalized spacial score (nSPS) is 27.6. The molecule has 3 aliphatic heterocycles. The number of likely N-dealkylation sites (tertiary alicyclic amines) is 1. The summed E-state index contributed by atoms with van der Waals surface area (Å²) in [6.07, 6.45) is 1.58. The lowest BCUT2D eigenvalue weighted by Gasteiger charge is -2.57. The average molecular weight is 468 g/mol. The van der Waals surface area contributed by atoms with Gasteiger partial charge >= 0.3 is 18.2 Å². The quantitative estimate of drug-likeness (QED) is 0.635. The number of esters is 1. The van der Waals surface area contributed by atoms with Crippen molar-refractivity contribution in [2.75, 3.05) is 32.1 Å². The van der Waals surface area contributed by atoms with Crippen LogP contribution in [0.5, 0.6) is 0 Å². The molecule has 1 N–H and O–H groups in total. The van der Waals surface area contributed by atoms with Gasteiger partial charge in [0.25, 0.3) is 0 Å². The Hall–Kier alpha value is -2.29. The molecule has 6 nitrogen and oxygen atoms in total. The molecule has 0 bridgehead atoms. The van der Waals surface area contributed by atoms with Crippen LogP contribution < -0.4 is 5.32 Å². The van der Waals surface area contributed by atoms with Gasteiger partial charge in [0.05, 0.1) is 12.7 Å². The number of carbonyl (C=O) groups excluding carboxylic acids is 2. The molecule has 3 aliphatic rings. The number of carbonyl (C=O) groups is 2. The molecule has 182 valence electrons. The Morgan fingerprint density at radius 2 is 1.82 bits per heavy atom. The molecule has 0 saturated carbocycles. The molecule has 0 unspecified atom stereocenters. The van der Waals surface area contributed by atoms with Gasteiger partial charge in [0, 0.05) is 30.7 Å². The summed E-state index contributed by atoms with van der Waals surface area (Å²) >= 11 is 0. The number of hydrogen-bond acceptors (Lipinski definition) is 4. The average Bonchev–Trinajstić information content (AvgIpc) is 2.80. The molecule has 3 heterocycles. The van der Waals surface area contributed by atoms with Gasteiger partial charge in [0.1, 0.15) is 0 Å². The minimum Gasteiger partial charge on any atom is -0.469 e. The SMILES string of the molecule is COC(=O)CCC[C@@H]1[C@H]2CCCN3CCC[C@@H](CN1C(=O)Nc1ccc(C(F)(F)F)cc1)[C@@H]23. The number of piperidine rings is 3. The van der Waals surface area contributed by atoms with Gasteiger partial charge in [-0.3, -0.25) is 9.69 Å². The van der Waals surface area contributed by atoms with E-state index in [0.717, 1.165) is 50.9 Å². The highest BCUT2D eigenvalue weighted by molar-refractivity contribution is 5.89. The fourth-order valence-corrected chi connectivity index (χ4v) is 6.09. The van der Waals surface area contributed by atoms with E-state index in [-0.39, 0.29) is 18.0 Å². The maximum atomic E-state index is 13.3. The number of nitrogens with zero attached hydrogens (tertiary/aromatic N) is 2. The molecule has 0 aromatic heterocycles. The molecule has 0 radical (unpaired) electrons. The van der Waals surface area contributed by atoms with Gasteiger partial charge in [-0.25, -0.2) is 4.79 Å². The highest BCUT2D eigenvalue weighted by Gasteiger charge is 2.49. The lowest BCUT2D eigenvalue weighted by molar-refractivity contribution is -0.141. The van der Waals surface area contributed by atoms with E-state index >= 15 is 0 Å². The number of benzene rings is 1. The highest BCUT2D eigenvalue weighted by Crippen LogP contribution is 2.43. The smallest absolute Gasteiger partial charge is 0.416 e. The fourth-order valence-electron chi connectivity index (χ4n) is 6.09. The van der Waals surface area contributed by atoms with Crippen molar-refractivity contribution >= 4 is 17.7 Å². The molecule has 0 spiro atoms. The zero-order valence-electron chi connectivity index (χ0n) is 18.9. The Labute approximate surface area is 192 Å². The molecular formula is C24H32F3N3O3. The number of ether oxygens (including phenoxy) is 1. The first-order chi connectivity index (χ1) is 15.8. The number of halogens is 3. The zero-order valence-corrected chi connectivity index (χ0v) is 18.9. The molecular weight excluding hydrogens is 435 g/mol. The van der Waals surface area contributed by atoms with Gasteiger partial charge in [0.15, 0.2) is 0 Å². The first-order valence-electron chi connectivity index (χ1n) is 11.8. The number of methoxy groups -OCH3 is 1. The van der Waals surface area contributed by atoms with Crippen LogP contribution in [0, 0.1) is 11.8 Å². The molecule has 0 aliphatic carbocycles. The van der Waals surface area contributed by atoms with Gasteiger partial charge in [0.2, 0.25) is 0 Å². The summed E-state index contributed by atoms with van der Waals surface area (Å²) in [5.41, 5.74) is -0.399. The number of alkyl halides is 3. The Bertz CT molecular complexity index is 844. The van der Waals surface area contributed by atoms with E-state index < -0.39 is 11.7 Å². The summed E-state index contributed by atoms with van der Waals surface area (Å²) < 4.78 is 43.4. The largest absolute Gasteiger partial charge is 0.469 e. The van der Waals surface area contributed by atoms with Gasteiger partial charge in [-0.05, 0) is 87.7 Å². The lowest BCUT2D eigenvalue weighted by atomic mass is 9.69. The molecule has 1 aromatic rings. The van der Waals surface area contributed by atoms with Crippen molar-refractivity contribution in [3.05, 3.63) is 29.8 Å². The van der Waals surface area contributed by atoms with Crippen molar-refractivity contribution in [2.24, 2.45) is 11.8 Å². The van der Waals surface area contributed by atoms with Crippen molar-refractivity contribution < 1.29 is 27.5 Å². The van der Waals surface area contributed by atoms with Gasteiger partial charge in [-0.1, -0.05) is 0 Å². The van der Waals surface area contributed by atoms with E-state index in [1.807, 2.05) is 4.90 Å². The van der Waals surface area contributed by atoms with E-state index in [9.17, 15) is 22.8 Å². The van der Waals surface area contributed by atoms with Crippen LogP contribution in [0.1, 0.15) is 50.5 Å². The topological polar surface area (TPSA) is 61.9 Å². The molecule has 2 amide bonds. The summed E-state index contributed by atoms with van der Waals surface area (Å²) in [5.74, 6) is 0.487. The number of anilines is 1. The van der Waals surface area contributed by atoms with Crippen LogP contribution in [0.2, 0.25) is 0 Å². The number of nitrogens with one attached hydrogen (secondary N) is 1. The van der Waals surface area contributed by atoms with Crippen LogP contribution in [-0.2, 0) is 15.7 Å². The molecule has 3 saturated heterocycles. The minimum absolute atomic E-state index is 0.00810. The summed E-state index contributed by atoms with van der Waals surface area (Å²) in [4.78, 5) is 29.5. The zero-order chi connectivity index (χ0) is 23.6. The number of rotatable bonds is 5. The Balaban J connectivity index is 1.51. The number of urea groups is 1. The van der Waals surface area contributed by atoms with Crippen molar-refractivity contribution in [2.45, 2.75) is 63.2 Å². The van der Waals surface area contributed by atoms with E-state index in [1.54, 1.807) is 0 Å². The van der Waals surface area contributed by atoms with Gasteiger partial charge in [-0.15, -0.1) is 0 Å². The third-order valence-electron chi connectivity index (χ3n) is 7.50. The van der Waals surface area contributed by atoms with Crippen LogP contribution in [0.25, 0.3) is 0 Å². The van der Waals surface area contributed by atoms with Crippen molar-refractivity contribution in [1.82, 2.24) is 9.80 Å². The highest BCUT2D eigenvalue weighted by atomic mass is 19.4. The van der Waals surface area contributed by atoms with E-state index in [4.69, 9.17) is 4.74 Å². The third-order valence-corrected chi connectivity index (χ3v) is 7.50. The predicted octanol–water partition coefficient (Wildman–Crippen LogP) is 4.76. The van der Waals surface area contributed by atoms with Gasteiger partial charge < -0.3 is 15.0 Å². The van der Waals surface area contributed by atoms with Crippen molar-refractivity contribution in [1.29, 1.82) is 0 Å². The van der Waals surface area contributed by atoms with Crippen molar-refractivity contribution in [3.8, 4) is 0 Å². The summed E-state index contributed by atoms with van der Waals surface area (Å²) in [7, 11) is 1.37. The standard InChI is InChI=1S/C24H32F3N3O3/c1-33-21(31)8-2-7-20-19-6-4-14-29-13-3-5-16(22(19)29)15-30(20)23(32)28-18-11-9-17(10-12-18)24(25,26)27/h9-12,16,19-20,22H,2-8,13-15H2,1H3,(H,28,32)/t16-,19+,20+,22-/m0/s1. The van der Waals surface area contributed by atoms with Crippen LogP contribution in [0.3, 0.4) is 0 Å². The van der Waals surface area contributed by atoms with E-state index in [0.29, 0.717) is 49.4 Å². The maximum Gasteiger partial charge on any atom is 0.416 e. The van der Waals surface area contributed by atoms with E-state index in [1.165, 1.54) is 19.2 Å². The number of amides is 2. The first kappa shape index (κ1) is 23.9. The van der Waals surface area contributed by atoms with Crippen LogP contribution >= 0.6 is 0 Å². The number of hydrogen-bond donors (Lipinski definition) is 1. The monoisotopic (exact) mass is 467 g/mol. The molecule has 3 fully saturated rings. The van der Waals surface area contributed by atoms with Crippen LogP contribution in [-0.4, -0.2) is 60.6 Å². The second-order valence-electron chi connectivity index (χ2n) is 9.43. The lowest BCUT2D eigenvalue weighted by Crippen LogP contribution is -2.66. The summed E-state index contributed by atoms with van der Waals surface area (Å²) in [6.45, 7) is 2.83. The third kappa shape index (κ3) is 5.28. The van der Waals surface area contributed by atoms with Crippen LogP contribution in [0.4, 0.5) is 23.7 Å². The van der Waals surface area contributed by atoms with Crippen LogP contribution in [0.15, 0.2) is 24.3 Å². The summed E-state index contributed by atoms with van der Waals surface area (Å²) in [6, 6.07) is 4.73. The van der Waals surface area contributed by atoms with E-state index in [2.05, 4.69) is 10.2 Å². The Morgan fingerprint density at radius 1 is 1.12 bits per heavy atom. The fraction of sp³-hybridized carbons (Fsp3) is 0.667. The van der Waals surface area contributed by atoms with Gasteiger partial charge in [-0.2, -0.15) is 13.2 Å². The molecule has 9 heteroatoms. The molecule has 1 aromatic carbocycles. The molecule has 4 atom stereocenters. The Kier molecular flexibility index (Phi) is 7.16. The van der Waals surface area contributed by atoms with Crippen molar-refractivity contribution in [3.63, 3.8) is 0 Å². The second kappa shape index (κ2) is 9.91. The maximum absolute atomic E-state index is 13.3. The second-order valence-corrected chi connectivity index (χ2v) is 9.43. The Morgan fingerprint density at radius 3 is 2.48 bits per heavy atom. The molecule has 4 rings (SSSR count). The summed E-state index contributed by atoms with van der Waals surface area (Å²) in [5, 5.41) is 2.81. The minimum atomic E-state index is -4.41. The molecule has 33 heavy (non-hydrogen) atoms.